The first-order chi connectivity index (χ1) is 16.1. The molecule has 3 aromatic rings. The zero-order valence-electron chi connectivity index (χ0n) is 19.6. The van der Waals surface area contributed by atoms with Crippen molar-refractivity contribution < 1.29 is 4.52 Å². The number of nitrogens with zero attached hydrogens (tertiary/aromatic N) is 3. The molecule has 0 unspecified atom stereocenters. The predicted octanol–water partition coefficient (Wildman–Crippen LogP) is 6.53. The first kappa shape index (κ1) is 19.9. The van der Waals surface area contributed by atoms with Crippen LogP contribution < -0.4 is 5.32 Å². The molecule has 5 heteroatoms. The van der Waals surface area contributed by atoms with Gasteiger partial charge in [-0.2, -0.15) is 5.10 Å². The van der Waals surface area contributed by atoms with Gasteiger partial charge in [0.15, 0.2) is 0 Å². The van der Waals surface area contributed by atoms with Crippen molar-refractivity contribution in [3.63, 3.8) is 0 Å². The van der Waals surface area contributed by atoms with Crippen LogP contribution in [0.15, 0.2) is 40.9 Å². The zero-order valence-corrected chi connectivity index (χ0v) is 19.6. The molecule has 1 aromatic carbocycles. The van der Waals surface area contributed by atoms with Crippen molar-refractivity contribution in [3.05, 3.63) is 53.5 Å². The Bertz CT molecular complexity index is 1160. The minimum Gasteiger partial charge on any atom is -0.384 e. The molecule has 5 fully saturated rings. The van der Waals surface area contributed by atoms with Gasteiger partial charge in [0.1, 0.15) is 11.5 Å². The lowest BCUT2D eigenvalue weighted by atomic mass is 9.52. The van der Waals surface area contributed by atoms with Crippen molar-refractivity contribution in [2.45, 2.75) is 81.5 Å². The average Bonchev–Trinajstić information content (AvgIpc) is 3.80. The molecule has 0 amide bonds. The van der Waals surface area contributed by atoms with Gasteiger partial charge in [0.2, 0.25) is 0 Å². The Morgan fingerprint density at radius 1 is 0.970 bits per heavy atom. The van der Waals surface area contributed by atoms with E-state index in [0.717, 1.165) is 29.5 Å². The maximum Gasteiger partial charge on any atom is 0.140 e. The number of anilines is 1. The highest BCUT2D eigenvalue weighted by molar-refractivity contribution is 5.65. The number of hydrogen-bond acceptors (Lipinski definition) is 4. The van der Waals surface area contributed by atoms with Crippen molar-refractivity contribution in [3.8, 4) is 11.3 Å². The molecule has 5 nitrogen and oxygen atoms in total. The number of fused-ring (bicyclic) bond motifs is 3. The molecule has 0 spiro atoms. The first-order valence-electron chi connectivity index (χ1n) is 13.0. The Balaban J connectivity index is 1.03. The number of benzene rings is 1. The van der Waals surface area contributed by atoms with Crippen LogP contribution in [0.1, 0.15) is 93.2 Å². The molecule has 2 heterocycles. The topological polar surface area (TPSA) is 55.9 Å². The molecule has 5 aliphatic rings. The largest absolute Gasteiger partial charge is 0.384 e. The van der Waals surface area contributed by atoms with Crippen molar-refractivity contribution >= 4 is 5.69 Å². The minimum absolute atomic E-state index is 0.364. The van der Waals surface area contributed by atoms with Crippen molar-refractivity contribution in [1.82, 2.24) is 14.9 Å². The molecule has 0 atom stereocenters. The molecule has 0 saturated heterocycles. The van der Waals surface area contributed by atoms with E-state index >= 15 is 0 Å². The second-order valence-electron chi connectivity index (χ2n) is 11.5. The standard InChI is InChI=1S/C28H34N4O/c1-32-26(17-23(30-32)19-5-6-19)28-12-9-27(10-13-28,11-14-28)18-29-22-4-2-3-21(15-22)24-16-25(33-31-24)20-7-8-20/h2-4,15-17,19-20,29H,5-14,18H2,1H3. The van der Waals surface area contributed by atoms with E-state index in [4.69, 9.17) is 9.62 Å². The highest BCUT2D eigenvalue weighted by atomic mass is 16.5. The minimum atomic E-state index is 0.364. The number of nitrogens with one attached hydrogen (secondary N) is 1. The van der Waals surface area contributed by atoms with Crippen LogP contribution >= 0.6 is 0 Å². The lowest BCUT2D eigenvalue weighted by Gasteiger charge is -2.53. The summed E-state index contributed by atoms with van der Waals surface area (Å²) < 4.78 is 7.79. The summed E-state index contributed by atoms with van der Waals surface area (Å²) in [5.74, 6) is 2.39. The van der Waals surface area contributed by atoms with Gasteiger partial charge in [-0.1, -0.05) is 17.3 Å². The summed E-state index contributed by atoms with van der Waals surface area (Å²) in [6.45, 7) is 1.07. The monoisotopic (exact) mass is 442 g/mol. The van der Waals surface area contributed by atoms with Crippen LogP contribution in [0.25, 0.3) is 11.3 Å². The lowest BCUT2D eigenvalue weighted by Crippen LogP contribution is -2.47. The van der Waals surface area contributed by atoms with Crippen molar-refractivity contribution in [2.24, 2.45) is 12.5 Å². The molecule has 5 saturated carbocycles. The normalized spacial score (nSPS) is 28.9. The molecule has 5 aliphatic carbocycles. The molecule has 2 aromatic heterocycles. The van der Waals surface area contributed by atoms with Crippen LogP contribution in [-0.4, -0.2) is 21.5 Å². The number of hydrogen-bond donors (Lipinski definition) is 1. The van der Waals surface area contributed by atoms with Gasteiger partial charge in [-0.25, -0.2) is 0 Å². The Morgan fingerprint density at radius 3 is 2.45 bits per heavy atom. The van der Waals surface area contributed by atoms with Gasteiger partial charge in [0.25, 0.3) is 0 Å². The third-order valence-corrected chi connectivity index (χ3v) is 9.17. The fourth-order valence-corrected chi connectivity index (χ4v) is 6.54. The Labute approximate surface area is 195 Å². The van der Waals surface area contributed by atoms with Crippen molar-refractivity contribution in [1.29, 1.82) is 0 Å². The summed E-state index contributed by atoms with van der Waals surface area (Å²) in [7, 11) is 2.17. The van der Waals surface area contributed by atoms with Gasteiger partial charge in [-0.05, 0) is 87.8 Å². The molecule has 0 aliphatic heterocycles. The van der Waals surface area contributed by atoms with Gasteiger partial charge in [0, 0.05) is 53.9 Å². The molecule has 172 valence electrons. The van der Waals surface area contributed by atoms with Crippen LogP contribution in [0.4, 0.5) is 5.69 Å². The number of rotatable bonds is 7. The van der Waals surface area contributed by atoms with Gasteiger partial charge in [-0.3, -0.25) is 4.68 Å². The zero-order chi connectivity index (χ0) is 22.0. The Kier molecular flexibility index (Phi) is 4.35. The van der Waals surface area contributed by atoms with E-state index in [-0.39, 0.29) is 0 Å². The molecular weight excluding hydrogens is 408 g/mol. The number of aromatic nitrogens is 3. The third kappa shape index (κ3) is 3.51. The summed E-state index contributed by atoms with van der Waals surface area (Å²) in [6.07, 6.45) is 13.0. The molecule has 2 bridgehead atoms. The highest BCUT2D eigenvalue weighted by Gasteiger charge is 2.50. The Morgan fingerprint density at radius 2 is 1.73 bits per heavy atom. The first-order valence-corrected chi connectivity index (χ1v) is 13.0. The fraction of sp³-hybridized carbons (Fsp3) is 0.571. The lowest BCUT2D eigenvalue weighted by molar-refractivity contribution is 0.0462. The molecule has 0 radical (unpaired) electrons. The van der Waals surface area contributed by atoms with Gasteiger partial charge < -0.3 is 9.84 Å². The van der Waals surface area contributed by atoms with Crippen LogP contribution in [-0.2, 0) is 12.5 Å². The average molecular weight is 443 g/mol. The van der Waals surface area contributed by atoms with E-state index in [1.54, 1.807) is 0 Å². The fourth-order valence-electron chi connectivity index (χ4n) is 6.54. The SMILES string of the molecule is Cn1nc(C2CC2)cc1C12CCC(CNc3cccc(-c4cc(C5CC5)on4)c3)(CC1)CC2. The van der Waals surface area contributed by atoms with Gasteiger partial charge in [-0.15, -0.1) is 0 Å². The van der Waals surface area contributed by atoms with E-state index in [1.807, 2.05) is 0 Å². The van der Waals surface area contributed by atoms with Crippen LogP contribution in [0.3, 0.4) is 0 Å². The summed E-state index contributed by atoms with van der Waals surface area (Å²) in [4.78, 5) is 0. The summed E-state index contributed by atoms with van der Waals surface area (Å²) in [6, 6.07) is 13.3. The molecular formula is C28H34N4O. The van der Waals surface area contributed by atoms with Gasteiger partial charge in [0.05, 0.1) is 5.69 Å². The summed E-state index contributed by atoms with van der Waals surface area (Å²) in [5, 5.41) is 13.0. The Hall–Kier alpha value is -2.56. The molecule has 33 heavy (non-hydrogen) atoms. The van der Waals surface area contributed by atoms with E-state index in [1.165, 1.54) is 81.3 Å². The summed E-state index contributed by atoms with van der Waals surface area (Å²) >= 11 is 0. The maximum absolute atomic E-state index is 5.57. The quantitative estimate of drug-likeness (QED) is 0.452. The van der Waals surface area contributed by atoms with Crippen molar-refractivity contribution in [2.75, 3.05) is 11.9 Å². The van der Waals surface area contributed by atoms with Crippen LogP contribution in [0.2, 0.25) is 0 Å². The highest BCUT2D eigenvalue weighted by Crippen LogP contribution is 2.58. The predicted molar refractivity (Wildman–Crippen MR) is 129 cm³/mol. The van der Waals surface area contributed by atoms with E-state index in [2.05, 4.69) is 58.6 Å². The van der Waals surface area contributed by atoms with Crippen LogP contribution in [0, 0.1) is 5.41 Å². The van der Waals surface area contributed by atoms with E-state index in [0.29, 0.717) is 16.7 Å². The number of aryl methyl sites for hydroxylation is 1. The van der Waals surface area contributed by atoms with Crippen LogP contribution in [0.5, 0.6) is 0 Å². The second-order valence-corrected chi connectivity index (χ2v) is 11.5. The van der Waals surface area contributed by atoms with E-state index in [9.17, 15) is 0 Å². The van der Waals surface area contributed by atoms with Gasteiger partial charge >= 0.3 is 0 Å². The third-order valence-electron chi connectivity index (χ3n) is 9.17. The smallest absolute Gasteiger partial charge is 0.140 e. The second kappa shape index (κ2) is 7.22. The maximum atomic E-state index is 5.57. The van der Waals surface area contributed by atoms with E-state index < -0.39 is 0 Å². The molecule has 1 N–H and O–H groups in total. The summed E-state index contributed by atoms with van der Waals surface area (Å²) in [5.41, 5.74) is 6.95. The molecule has 8 rings (SSSR count).